The Morgan fingerprint density at radius 1 is 1.50 bits per heavy atom. The lowest BCUT2D eigenvalue weighted by molar-refractivity contribution is 0.550. The van der Waals surface area contributed by atoms with Crippen molar-refractivity contribution < 1.29 is 0 Å². The summed E-state index contributed by atoms with van der Waals surface area (Å²) in [6.07, 6.45) is 0. The fourth-order valence-corrected chi connectivity index (χ4v) is 1.83. The summed E-state index contributed by atoms with van der Waals surface area (Å²) in [5, 5.41) is 4.22. The van der Waals surface area contributed by atoms with Gasteiger partial charge in [-0.05, 0) is 6.92 Å². The third-order valence-corrected chi connectivity index (χ3v) is 3.03. The van der Waals surface area contributed by atoms with Crippen LogP contribution in [-0.4, -0.2) is 23.6 Å². The van der Waals surface area contributed by atoms with Gasteiger partial charge in [-0.2, -0.15) is 11.8 Å². The van der Waals surface area contributed by atoms with Crippen LogP contribution in [0.25, 0.3) is 0 Å². The molecule has 2 atom stereocenters. The van der Waals surface area contributed by atoms with Crippen LogP contribution in [0.1, 0.15) is 13.8 Å². The predicted molar refractivity (Wildman–Crippen MR) is 39.4 cm³/mol. The molecule has 0 aliphatic carbocycles. The first-order valence-electron chi connectivity index (χ1n) is 3.15. The van der Waals surface area contributed by atoms with Crippen molar-refractivity contribution in [3.63, 3.8) is 0 Å². The van der Waals surface area contributed by atoms with E-state index in [1.165, 1.54) is 12.3 Å². The van der Waals surface area contributed by atoms with Crippen LogP contribution in [0.4, 0.5) is 0 Å². The van der Waals surface area contributed by atoms with Crippen molar-refractivity contribution in [3.05, 3.63) is 0 Å². The number of hydrogen-bond acceptors (Lipinski definition) is 2. The normalized spacial score (nSPS) is 39.8. The Balaban J connectivity index is 2.28. The third kappa shape index (κ3) is 1.39. The third-order valence-electron chi connectivity index (χ3n) is 1.65. The minimum atomic E-state index is 0.716. The van der Waals surface area contributed by atoms with Crippen molar-refractivity contribution in [2.75, 3.05) is 12.3 Å². The van der Waals surface area contributed by atoms with Gasteiger partial charge in [-0.25, -0.2) is 0 Å². The Kier molecular flexibility index (Phi) is 2.20. The van der Waals surface area contributed by atoms with Crippen molar-refractivity contribution >= 4 is 11.8 Å². The molecule has 1 aliphatic heterocycles. The van der Waals surface area contributed by atoms with Crippen LogP contribution in [0.5, 0.6) is 0 Å². The number of thioether (sulfide) groups is 1. The lowest BCUT2D eigenvalue weighted by Gasteiger charge is -2.25. The van der Waals surface area contributed by atoms with Gasteiger partial charge in [0.1, 0.15) is 0 Å². The SMILES string of the molecule is CC1NCCSC1C. The predicted octanol–water partition coefficient (Wildman–Crippen LogP) is 1.10. The number of nitrogens with one attached hydrogen (secondary N) is 1. The molecule has 1 aliphatic rings. The lowest BCUT2D eigenvalue weighted by atomic mass is 10.2. The molecule has 1 rings (SSSR count). The lowest BCUT2D eigenvalue weighted by Crippen LogP contribution is -2.39. The van der Waals surface area contributed by atoms with Gasteiger partial charge in [-0.3, -0.25) is 0 Å². The van der Waals surface area contributed by atoms with Crippen LogP contribution in [0.2, 0.25) is 0 Å². The first-order valence-corrected chi connectivity index (χ1v) is 4.20. The van der Waals surface area contributed by atoms with Gasteiger partial charge >= 0.3 is 0 Å². The maximum Gasteiger partial charge on any atom is 0.0170 e. The minimum absolute atomic E-state index is 0.716. The summed E-state index contributed by atoms with van der Waals surface area (Å²) in [5.74, 6) is 1.28. The molecule has 2 heteroatoms. The van der Waals surface area contributed by atoms with Gasteiger partial charge in [-0.15, -0.1) is 0 Å². The van der Waals surface area contributed by atoms with Crippen LogP contribution in [-0.2, 0) is 0 Å². The van der Waals surface area contributed by atoms with E-state index in [0.29, 0.717) is 6.04 Å². The van der Waals surface area contributed by atoms with E-state index in [1.807, 2.05) is 0 Å². The summed E-state index contributed by atoms with van der Waals surface area (Å²) >= 11 is 2.06. The van der Waals surface area contributed by atoms with Crippen LogP contribution < -0.4 is 5.32 Å². The van der Waals surface area contributed by atoms with Crippen LogP contribution in [0.3, 0.4) is 0 Å². The Bertz CT molecular complexity index is 64.9. The number of hydrogen-bond donors (Lipinski definition) is 1. The maximum atomic E-state index is 3.41. The Labute approximate surface area is 55.2 Å². The van der Waals surface area contributed by atoms with E-state index in [0.717, 1.165) is 5.25 Å². The summed E-state index contributed by atoms with van der Waals surface area (Å²) in [6, 6.07) is 0.716. The van der Waals surface area contributed by atoms with Crippen molar-refractivity contribution in [2.24, 2.45) is 0 Å². The fraction of sp³-hybridized carbons (Fsp3) is 1.00. The molecule has 0 aromatic carbocycles. The van der Waals surface area contributed by atoms with E-state index in [2.05, 4.69) is 30.9 Å². The summed E-state index contributed by atoms with van der Waals surface area (Å²) in [7, 11) is 0. The summed E-state index contributed by atoms with van der Waals surface area (Å²) in [4.78, 5) is 0. The molecule has 1 saturated heterocycles. The monoisotopic (exact) mass is 131 g/mol. The molecular formula is C6H13NS. The molecule has 2 unspecified atom stereocenters. The van der Waals surface area contributed by atoms with Gasteiger partial charge in [0.25, 0.3) is 0 Å². The molecule has 1 fully saturated rings. The van der Waals surface area contributed by atoms with Crippen molar-refractivity contribution in [1.82, 2.24) is 5.32 Å². The summed E-state index contributed by atoms with van der Waals surface area (Å²) in [6.45, 7) is 5.72. The van der Waals surface area contributed by atoms with Crippen molar-refractivity contribution in [2.45, 2.75) is 25.1 Å². The summed E-state index contributed by atoms with van der Waals surface area (Å²) < 4.78 is 0. The average molecular weight is 131 g/mol. The van der Waals surface area contributed by atoms with Gasteiger partial charge in [-0.1, -0.05) is 6.92 Å². The van der Waals surface area contributed by atoms with E-state index < -0.39 is 0 Å². The number of rotatable bonds is 0. The molecule has 48 valence electrons. The van der Waals surface area contributed by atoms with Gasteiger partial charge in [0.2, 0.25) is 0 Å². The fourth-order valence-electron chi connectivity index (χ4n) is 0.842. The standard InChI is InChI=1S/C6H13NS/c1-5-6(2)8-4-3-7-5/h5-7H,3-4H2,1-2H3. The molecule has 1 heterocycles. The first kappa shape index (κ1) is 6.43. The Morgan fingerprint density at radius 2 is 2.25 bits per heavy atom. The molecule has 0 aromatic heterocycles. The minimum Gasteiger partial charge on any atom is -0.312 e. The molecule has 0 aromatic rings. The Morgan fingerprint density at radius 3 is 2.62 bits per heavy atom. The average Bonchev–Trinajstić information content (AvgIpc) is 1.77. The quantitative estimate of drug-likeness (QED) is 0.528. The molecule has 1 nitrogen and oxygen atoms in total. The van der Waals surface area contributed by atoms with E-state index in [1.54, 1.807) is 0 Å². The molecular weight excluding hydrogens is 118 g/mol. The van der Waals surface area contributed by atoms with Crippen LogP contribution in [0.15, 0.2) is 0 Å². The van der Waals surface area contributed by atoms with E-state index in [9.17, 15) is 0 Å². The molecule has 0 saturated carbocycles. The highest BCUT2D eigenvalue weighted by Crippen LogP contribution is 2.16. The Hall–Kier alpha value is 0.310. The van der Waals surface area contributed by atoms with E-state index in [4.69, 9.17) is 0 Å². The second-order valence-corrected chi connectivity index (χ2v) is 3.80. The van der Waals surface area contributed by atoms with E-state index >= 15 is 0 Å². The largest absolute Gasteiger partial charge is 0.312 e. The second kappa shape index (κ2) is 2.74. The molecule has 1 N–H and O–H groups in total. The second-order valence-electron chi connectivity index (χ2n) is 2.32. The molecule has 8 heavy (non-hydrogen) atoms. The van der Waals surface area contributed by atoms with Gasteiger partial charge in [0, 0.05) is 23.6 Å². The van der Waals surface area contributed by atoms with E-state index in [-0.39, 0.29) is 0 Å². The zero-order valence-electron chi connectivity index (χ0n) is 5.48. The topological polar surface area (TPSA) is 12.0 Å². The van der Waals surface area contributed by atoms with Crippen LogP contribution >= 0.6 is 11.8 Å². The zero-order chi connectivity index (χ0) is 5.98. The van der Waals surface area contributed by atoms with Gasteiger partial charge < -0.3 is 5.32 Å². The molecule has 0 bridgehead atoms. The molecule has 0 radical (unpaired) electrons. The maximum absolute atomic E-state index is 3.41. The molecule has 0 spiro atoms. The first-order chi connectivity index (χ1) is 3.80. The highest BCUT2D eigenvalue weighted by molar-refractivity contribution is 8.00. The molecule has 0 amide bonds. The summed E-state index contributed by atoms with van der Waals surface area (Å²) in [5.41, 5.74) is 0. The van der Waals surface area contributed by atoms with Crippen molar-refractivity contribution in [1.29, 1.82) is 0 Å². The zero-order valence-corrected chi connectivity index (χ0v) is 6.29. The van der Waals surface area contributed by atoms with Crippen LogP contribution in [0, 0.1) is 0 Å². The smallest absolute Gasteiger partial charge is 0.0170 e. The van der Waals surface area contributed by atoms with Crippen molar-refractivity contribution in [3.8, 4) is 0 Å². The van der Waals surface area contributed by atoms with Gasteiger partial charge in [0.05, 0.1) is 0 Å². The highest BCUT2D eigenvalue weighted by Gasteiger charge is 2.15. The van der Waals surface area contributed by atoms with Gasteiger partial charge in [0.15, 0.2) is 0 Å². The highest BCUT2D eigenvalue weighted by atomic mass is 32.2.